The Hall–Kier alpha value is -3.89. The van der Waals surface area contributed by atoms with E-state index in [0.717, 1.165) is 38.5 Å². The van der Waals surface area contributed by atoms with Crippen LogP contribution >= 0.6 is 0 Å². The number of amides is 2. The van der Waals surface area contributed by atoms with Crippen LogP contribution in [0, 0.1) is 11.7 Å². The van der Waals surface area contributed by atoms with Crippen LogP contribution in [0.25, 0.3) is 11.1 Å². The molecule has 2 rings (SSSR count). The van der Waals surface area contributed by atoms with Crippen molar-refractivity contribution in [1.82, 2.24) is 10.6 Å². The van der Waals surface area contributed by atoms with Gasteiger partial charge < -0.3 is 25.6 Å². The number of allylic oxidation sites excluding steroid dienone is 1. The number of benzene rings is 2. The molecular weight excluding hydrogens is 627 g/mol. The van der Waals surface area contributed by atoms with Crippen molar-refractivity contribution in [2.75, 3.05) is 20.8 Å². The number of halogens is 1. The number of rotatable bonds is 25. The number of carboxylic acids is 1. The molecule has 3 atom stereocenters. The van der Waals surface area contributed by atoms with Crippen LogP contribution in [0.2, 0.25) is 0 Å². The highest BCUT2D eigenvalue weighted by Gasteiger charge is 2.47. The van der Waals surface area contributed by atoms with Gasteiger partial charge in [-0.25, -0.2) is 9.18 Å². The van der Waals surface area contributed by atoms with Crippen molar-refractivity contribution < 1.29 is 38.5 Å². The molecule has 0 aliphatic rings. The van der Waals surface area contributed by atoms with E-state index in [1.807, 2.05) is 0 Å². The molecule has 0 radical (unpaired) electrons. The van der Waals surface area contributed by atoms with Gasteiger partial charge in [0.25, 0.3) is 0 Å². The van der Waals surface area contributed by atoms with Gasteiger partial charge in [-0.1, -0.05) is 100 Å². The number of aliphatic carboxylic acids is 1. The van der Waals surface area contributed by atoms with Gasteiger partial charge in [0.2, 0.25) is 11.8 Å². The number of ether oxygens (including phenoxy) is 1. The highest BCUT2D eigenvalue weighted by atomic mass is 19.1. The molecule has 0 spiro atoms. The Bertz CT molecular complexity index is 1350. The topological polar surface area (TPSA) is 142 Å². The lowest BCUT2D eigenvalue weighted by Gasteiger charge is -2.31. The Labute approximate surface area is 290 Å². The molecule has 0 saturated carbocycles. The molecule has 4 N–H and O–H groups in total. The lowest BCUT2D eigenvalue weighted by molar-refractivity contribution is -0.168. The number of nitrogens with one attached hydrogen (secondary N) is 2. The molecule has 0 unspecified atom stereocenters. The second-order valence-electron chi connectivity index (χ2n) is 12.6. The van der Waals surface area contributed by atoms with Crippen LogP contribution in [0.5, 0.6) is 0 Å². The minimum Gasteiger partial charge on any atom is -0.479 e. The summed E-state index contributed by atoms with van der Waals surface area (Å²) in [7, 11) is 2.80. The summed E-state index contributed by atoms with van der Waals surface area (Å²) in [6, 6.07) is 12.2. The second-order valence-corrected chi connectivity index (χ2v) is 12.6. The van der Waals surface area contributed by atoms with Crippen molar-refractivity contribution in [3.63, 3.8) is 0 Å². The third kappa shape index (κ3) is 14.2. The van der Waals surface area contributed by atoms with E-state index in [-0.39, 0.29) is 25.3 Å². The zero-order chi connectivity index (χ0) is 36.1. The second kappa shape index (κ2) is 22.7. The third-order valence-corrected chi connectivity index (χ3v) is 8.78. The van der Waals surface area contributed by atoms with Gasteiger partial charge in [0.05, 0.1) is 5.92 Å². The lowest BCUT2D eigenvalue weighted by atomic mass is 9.83. The Morgan fingerprint density at radius 2 is 1.53 bits per heavy atom. The van der Waals surface area contributed by atoms with Crippen LogP contribution in [-0.2, 0) is 30.3 Å². The first-order valence-electron chi connectivity index (χ1n) is 17.6. The van der Waals surface area contributed by atoms with Crippen molar-refractivity contribution in [2.24, 2.45) is 5.92 Å². The van der Waals surface area contributed by atoms with Crippen LogP contribution in [0.3, 0.4) is 0 Å². The van der Waals surface area contributed by atoms with Crippen molar-refractivity contribution in [1.29, 1.82) is 0 Å². The van der Waals surface area contributed by atoms with Gasteiger partial charge in [-0.15, -0.1) is 0 Å². The Balaban J connectivity index is 2.06. The predicted octanol–water partition coefficient (Wildman–Crippen LogP) is 6.56. The highest BCUT2D eigenvalue weighted by Crippen LogP contribution is 2.26. The van der Waals surface area contributed by atoms with Crippen molar-refractivity contribution >= 4 is 23.6 Å². The first-order valence-corrected chi connectivity index (χ1v) is 17.6. The van der Waals surface area contributed by atoms with Gasteiger partial charge in [0, 0.05) is 52.0 Å². The molecule has 0 aliphatic carbocycles. The summed E-state index contributed by atoms with van der Waals surface area (Å²) < 4.78 is 19.3. The van der Waals surface area contributed by atoms with E-state index in [9.17, 15) is 33.8 Å². The fourth-order valence-electron chi connectivity index (χ4n) is 5.73. The Morgan fingerprint density at radius 3 is 2.12 bits per heavy atom. The van der Waals surface area contributed by atoms with E-state index in [2.05, 4.69) is 17.6 Å². The van der Waals surface area contributed by atoms with Crippen molar-refractivity contribution in [3.05, 3.63) is 72.1 Å². The monoisotopic (exact) mass is 682 g/mol. The molecule has 0 aliphatic heterocycles. The van der Waals surface area contributed by atoms with Gasteiger partial charge in [-0.2, -0.15) is 0 Å². The highest BCUT2D eigenvalue weighted by molar-refractivity contribution is 5.93. The molecule has 10 heteroatoms. The fraction of sp³-hybridized carbons (Fsp3) is 0.538. The summed E-state index contributed by atoms with van der Waals surface area (Å²) in [5, 5.41) is 26.5. The molecule has 9 nitrogen and oxygen atoms in total. The van der Waals surface area contributed by atoms with E-state index in [0.29, 0.717) is 41.7 Å². The number of ketones is 1. The third-order valence-electron chi connectivity index (χ3n) is 8.78. The number of Topliss-reactive ketones (excluding diaryl/α,β-unsaturated/α-hetero) is 1. The normalized spacial score (nSPS) is 13.8. The van der Waals surface area contributed by atoms with Gasteiger partial charge in [-0.3, -0.25) is 14.4 Å². The molecule has 49 heavy (non-hydrogen) atoms. The van der Waals surface area contributed by atoms with Gasteiger partial charge in [0.15, 0.2) is 5.60 Å². The fourth-order valence-corrected chi connectivity index (χ4v) is 5.73. The van der Waals surface area contributed by atoms with Crippen LogP contribution in [-0.4, -0.2) is 66.2 Å². The minimum absolute atomic E-state index is 0.0737. The van der Waals surface area contributed by atoms with Gasteiger partial charge in [0.1, 0.15) is 17.6 Å². The Kier molecular flexibility index (Phi) is 19.1. The number of carboxylic acid groups (broad SMARTS) is 1. The average molecular weight is 683 g/mol. The standard InChI is InChI=1S/C39H55FN2O7/c1-4-5-6-9-12-17-31(43)18-13-10-7-8-11-14-20-33(39(48,38(46)47)26-27-49-3)36(44)42-35(37(45)41-2)28-29-22-24-30(25-23-29)32-19-15-16-21-34(32)40/h14-16,19-25,33,35,48H,4-13,17-18,26-28H2,1-3H3,(H,41,45)(H,42,44)(H,46,47)/b20-14+/t33-,35+,39+/m1/s1. The molecule has 0 bridgehead atoms. The maximum Gasteiger partial charge on any atom is 0.336 e. The summed E-state index contributed by atoms with van der Waals surface area (Å²) in [5.74, 6) is -4.46. The molecule has 2 aromatic carbocycles. The number of likely N-dealkylation sites (N-methyl/N-ethyl adjacent to an activating group) is 1. The summed E-state index contributed by atoms with van der Waals surface area (Å²) in [5.41, 5.74) is -0.716. The summed E-state index contributed by atoms with van der Waals surface area (Å²) in [6.45, 7) is 2.06. The van der Waals surface area contributed by atoms with Crippen LogP contribution in [0.15, 0.2) is 60.7 Å². The SMILES string of the molecule is CCCCCCCC(=O)CCCCCC/C=C/[C@H](C(=O)N[C@@H](Cc1ccc(-c2ccccc2F)cc1)C(=O)NC)[C@@](O)(CCOC)C(=O)O. The molecule has 0 fully saturated rings. The average Bonchev–Trinajstić information content (AvgIpc) is 3.09. The maximum atomic E-state index is 14.3. The van der Waals surface area contributed by atoms with E-state index < -0.39 is 35.3 Å². The molecule has 0 aromatic heterocycles. The van der Waals surface area contributed by atoms with Crippen LogP contribution in [0.1, 0.15) is 96.0 Å². The van der Waals surface area contributed by atoms with E-state index in [1.165, 1.54) is 45.6 Å². The quantitative estimate of drug-likeness (QED) is 0.0687. The molecule has 0 saturated heterocycles. The number of methoxy groups -OCH3 is 1. The molecule has 2 aromatic rings. The van der Waals surface area contributed by atoms with Gasteiger partial charge in [-0.05, 0) is 42.9 Å². The summed E-state index contributed by atoms with van der Waals surface area (Å²) in [4.78, 5) is 51.0. The predicted molar refractivity (Wildman–Crippen MR) is 189 cm³/mol. The van der Waals surface area contributed by atoms with Crippen molar-refractivity contribution in [3.8, 4) is 11.1 Å². The maximum absolute atomic E-state index is 14.3. The lowest BCUT2D eigenvalue weighted by Crippen LogP contribution is -2.56. The Morgan fingerprint density at radius 1 is 0.898 bits per heavy atom. The summed E-state index contributed by atoms with van der Waals surface area (Å²) >= 11 is 0. The van der Waals surface area contributed by atoms with Crippen LogP contribution in [0.4, 0.5) is 4.39 Å². The number of carbonyl (C=O) groups is 4. The number of unbranched alkanes of at least 4 members (excludes halogenated alkanes) is 8. The minimum atomic E-state index is -2.48. The molecular formula is C39H55FN2O7. The van der Waals surface area contributed by atoms with E-state index >= 15 is 0 Å². The zero-order valence-corrected chi connectivity index (χ0v) is 29.3. The smallest absolute Gasteiger partial charge is 0.336 e. The molecule has 270 valence electrons. The largest absolute Gasteiger partial charge is 0.479 e. The van der Waals surface area contributed by atoms with Gasteiger partial charge >= 0.3 is 5.97 Å². The summed E-state index contributed by atoms with van der Waals surface area (Å²) in [6.07, 6.45) is 13.6. The number of carbonyl (C=O) groups excluding carboxylic acids is 3. The molecule has 2 amide bonds. The first kappa shape index (κ1) is 41.3. The molecule has 0 heterocycles. The number of aliphatic hydroxyl groups is 1. The van der Waals surface area contributed by atoms with E-state index in [1.54, 1.807) is 48.5 Å². The van der Waals surface area contributed by atoms with Crippen LogP contribution < -0.4 is 10.6 Å². The zero-order valence-electron chi connectivity index (χ0n) is 29.3. The number of hydrogen-bond donors (Lipinski definition) is 4. The first-order chi connectivity index (χ1) is 23.6. The van der Waals surface area contributed by atoms with E-state index in [4.69, 9.17) is 4.74 Å². The number of hydrogen-bond acceptors (Lipinski definition) is 6. The van der Waals surface area contributed by atoms with Crippen molar-refractivity contribution in [2.45, 2.75) is 108 Å².